The highest BCUT2D eigenvalue weighted by atomic mass is 35.5. The Bertz CT molecular complexity index is 648. The average Bonchev–Trinajstić information content (AvgIpc) is 2.46. The van der Waals surface area contributed by atoms with Crippen LogP contribution < -0.4 is 10.1 Å². The molecule has 0 aliphatic rings. The lowest BCUT2D eigenvalue weighted by Crippen LogP contribution is -2.07. The van der Waals surface area contributed by atoms with E-state index in [1.807, 2.05) is 26.0 Å². The number of benzene rings is 1. The molecular formula is C16H16ClN3O. The van der Waals surface area contributed by atoms with Gasteiger partial charge < -0.3 is 10.1 Å². The molecule has 2 rings (SSSR count). The standard InChI is InChI=1S/C16H16ClN3O/c1-11(2)21-16-6-3-12(10-20-16)9-19-15-5-4-14(17)7-13(15)8-18/h3-7,10-11,19H,9H2,1-2H3. The van der Waals surface area contributed by atoms with E-state index in [4.69, 9.17) is 21.6 Å². The van der Waals surface area contributed by atoms with Crippen LogP contribution in [0.25, 0.3) is 0 Å². The third-order valence-corrected chi connectivity index (χ3v) is 2.97. The van der Waals surface area contributed by atoms with Crippen molar-refractivity contribution in [3.05, 3.63) is 52.7 Å². The van der Waals surface area contributed by atoms with Gasteiger partial charge in [-0.3, -0.25) is 0 Å². The monoisotopic (exact) mass is 301 g/mol. The van der Waals surface area contributed by atoms with Crippen molar-refractivity contribution >= 4 is 17.3 Å². The Morgan fingerprint density at radius 3 is 2.76 bits per heavy atom. The fourth-order valence-electron chi connectivity index (χ4n) is 1.79. The number of aromatic nitrogens is 1. The number of rotatable bonds is 5. The fourth-order valence-corrected chi connectivity index (χ4v) is 1.96. The first-order valence-corrected chi connectivity index (χ1v) is 7.01. The van der Waals surface area contributed by atoms with Gasteiger partial charge in [-0.25, -0.2) is 4.98 Å². The number of hydrogen-bond donors (Lipinski definition) is 1. The Morgan fingerprint density at radius 1 is 1.33 bits per heavy atom. The van der Waals surface area contributed by atoms with Gasteiger partial charge in [0.15, 0.2) is 0 Å². The smallest absolute Gasteiger partial charge is 0.213 e. The number of nitriles is 1. The zero-order chi connectivity index (χ0) is 15.2. The van der Waals surface area contributed by atoms with Crippen molar-refractivity contribution in [1.29, 1.82) is 5.26 Å². The molecule has 108 valence electrons. The lowest BCUT2D eigenvalue weighted by atomic mass is 10.2. The number of nitrogens with one attached hydrogen (secondary N) is 1. The van der Waals surface area contributed by atoms with Crippen LogP contribution in [0.2, 0.25) is 5.02 Å². The number of nitrogens with zero attached hydrogens (tertiary/aromatic N) is 2. The molecule has 0 fully saturated rings. The van der Waals surface area contributed by atoms with Crippen molar-refractivity contribution in [1.82, 2.24) is 4.98 Å². The Balaban J connectivity index is 2.02. The van der Waals surface area contributed by atoms with Gasteiger partial charge in [-0.2, -0.15) is 5.26 Å². The first kappa shape index (κ1) is 15.1. The highest BCUT2D eigenvalue weighted by Crippen LogP contribution is 2.20. The Morgan fingerprint density at radius 2 is 2.14 bits per heavy atom. The Hall–Kier alpha value is -2.25. The number of halogens is 1. The van der Waals surface area contributed by atoms with Gasteiger partial charge in [0.25, 0.3) is 0 Å². The Kier molecular flexibility index (Phi) is 5.02. The molecule has 0 aliphatic carbocycles. The lowest BCUT2D eigenvalue weighted by Gasteiger charge is -2.10. The molecule has 0 aliphatic heterocycles. The second kappa shape index (κ2) is 6.96. The molecule has 0 bridgehead atoms. The highest BCUT2D eigenvalue weighted by molar-refractivity contribution is 6.30. The molecule has 5 heteroatoms. The molecular weight excluding hydrogens is 286 g/mol. The lowest BCUT2D eigenvalue weighted by molar-refractivity contribution is 0.232. The van der Waals surface area contributed by atoms with Gasteiger partial charge in [0.2, 0.25) is 5.88 Å². The SMILES string of the molecule is CC(C)Oc1ccc(CNc2ccc(Cl)cc2C#N)cn1. The largest absolute Gasteiger partial charge is 0.475 e. The number of pyridine rings is 1. The summed E-state index contributed by atoms with van der Waals surface area (Å²) < 4.78 is 5.49. The quantitative estimate of drug-likeness (QED) is 0.906. The summed E-state index contributed by atoms with van der Waals surface area (Å²) in [6, 6.07) is 11.1. The second-order valence-corrected chi connectivity index (χ2v) is 5.26. The number of hydrogen-bond acceptors (Lipinski definition) is 4. The van der Waals surface area contributed by atoms with Crippen LogP contribution in [0.5, 0.6) is 5.88 Å². The first-order chi connectivity index (χ1) is 10.1. The summed E-state index contributed by atoms with van der Waals surface area (Å²) in [7, 11) is 0. The minimum atomic E-state index is 0.105. The zero-order valence-electron chi connectivity index (χ0n) is 11.9. The van der Waals surface area contributed by atoms with Crippen molar-refractivity contribution in [3.8, 4) is 11.9 Å². The molecule has 0 amide bonds. The summed E-state index contributed by atoms with van der Waals surface area (Å²) in [4.78, 5) is 4.24. The maximum atomic E-state index is 9.08. The van der Waals surface area contributed by atoms with Gasteiger partial charge in [-0.15, -0.1) is 0 Å². The maximum absolute atomic E-state index is 9.08. The van der Waals surface area contributed by atoms with Gasteiger partial charge >= 0.3 is 0 Å². The van der Waals surface area contributed by atoms with Gasteiger partial charge in [-0.1, -0.05) is 17.7 Å². The van der Waals surface area contributed by atoms with Crippen LogP contribution >= 0.6 is 11.6 Å². The minimum Gasteiger partial charge on any atom is -0.475 e. The van der Waals surface area contributed by atoms with E-state index in [2.05, 4.69) is 16.4 Å². The van der Waals surface area contributed by atoms with E-state index in [9.17, 15) is 0 Å². The molecule has 0 saturated carbocycles. The third kappa shape index (κ3) is 4.37. The van der Waals surface area contributed by atoms with Crippen LogP contribution in [0.4, 0.5) is 5.69 Å². The molecule has 2 aromatic rings. The van der Waals surface area contributed by atoms with Crippen molar-refractivity contribution in [2.45, 2.75) is 26.5 Å². The molecule has 21 heavy (non-hydrogen) atoms. The van der Waals surface area contributed by atoms with Crippen LogP contribution in [0.15, 0.2) is 36.5 Å². The molecule has 0 unspecified atom stereocenters. The highest BCUT2D eigenvalue weighted by Gasteiger charge is 2.04. The van der Waals surface area contributed by atoms with Crippen LogP contribution in [-0.2, 0) is 6.54 Å². The topological polar surface area (TPSA) is 57.9 Å². The van der Waals surface area contributed by atoms with E-state index in [0.29, 0.717) is 23.0 Å². The van der Waals surface area contributed by atoms with Crippen LogP contribution in [0.3, 0.4) is 0 Å². The molecule has 1 aromatic carbocycles. The molecule has 1 N–H and O–H groups in total. The predicted molar refractivity (Wildman–Crippen MR) is 83.5 cm³/mol. The summed E-state index contributed by atoms with van der Waals surface area (Å²) in [5.41, 5.74) is 2.28. The molecule has 0 radical (unpaired) electrons. The van der Waals surface area contributed by atoms with E-state index in [0.717, 1.165) is 11.3 Å². The van der Waals surface area contributed by atoms with Crippen molar-refractivity contribution in [3.63, 3.8) is 0 Å². The Labute approximate surface area is 129 Å². The number of anilines is 1. The van der Waals surface area contributed by atoms with E-state index in [-0.39, 0.29) is 6.10 Å². The van der Waals surface area contributed by atoms with Gasteiger partial charge in [0.1, 0.15) is 6.07 Å². The van der Waals surface area contributed by atoms with E-state index >= 15 is 0 Å². The van der Waals surface area contributed by atoms with Crippen LogP contribution in [-0.4, -0.2) is 11.1 Å². The van der Waals surface area contributed by atoms with Crippen molar-refractivity contribution < 1.29 is 4.74 Å². The molecule has 0 atom stereocenters. The van der Waals surface area contributed by atoms with Crippen LogP contribution in [0.1, 0.15) is 25.0 Å². The van der Waals surface area contributed by atoms with E-state index in [1.165, 1.54) is 0 Å². The predicted octanol–water partition coefficient (Wildman–Crippen LogP) is 4.01. The van der Waals surface area contributed by atoms with Gasteiger partial charge in [0, 0.05) is 23.8 Å². The molecule has 0 spiro atoms. The summed E-state index contributed by atoms with van der Waals surface area (Å²) in [6.07, 6.45) is 1.86. The maximum Gasteiger partial charge on any atom is 0.213 e. The van der Waals surface area contributed by atoms with E-state index in [1.54, 1.807) is 24.4 Å². The van der Waals surface area contributed by atoms with Gasteiger partial charge in [0.05, 0.1) is 17.4 Å². The van der Waals surface area contributed by atoms with Crippen molar-refractivity contribution in [2.75, 3.05) is 5.32 Å². The third-order valence-electron chi connectivity index (χ3n) is 2.74. The van der Waals surface area contributed by atoms with Crippen LogP contribution in [0, 0.1) is 11.3 Å². The second-order valence-electron chi connectivity index (χ2n) is 4.83. The molecule has 1 heterocycles. The normalized spacial score (nSPS) is 10.2. The van der Waals surface area contributed by atoms with Crippen molar-refractivity contribution in [2.24, 2.45) is 0 Å². The fraction of sp³-hybridized carbons (Fsp3) is 0.250. The summed E-state index contributed by atoms with van der Waals surface area (Å²) >= 11 is 5.87. The zero-order valence-corrected chi connectivity index (χ0v) is 12.7. The molecule has 0 saturated heterocycles. The average molecular weight is 302 g/mol. The van der Waals surface area contributed by atoms with Gasteiger partial charge in [-0.05, 0) is 37.6 Å². The molecule has 1 aromatic heterocycles. The molecule has 4 nitrogen and oxygen atoms in total. The summed E-state index contributed by atoms with van der Waals surface area (Å²) in [5, 5.41) is 12.8. The number of ether oxygens (including phenoxy) is 1. The first-order valence-electron chi connectivity index (χ1n) is 6.63. The summed E-state index contributed by atoms with van der Waals surface area (Å²) in [5.74, 6) is 0.609. The van der Waals surface area contributed by atoms with E-state index < -0.39 is 0 Å². The summed E-state index contributed by atoms with van der Waals surface area (Å²) in [6.45, 7) is 4.49. The minimum absolute atomic E-state index is 0.105.